The van der Waals surface area contributed by atoms with Gasteiger partial charge in [-0.1, -0.05) is 26.7 Å². The molecule has 4 nitrogen and oxygen atoms in total. The molecule has 1 aromatic heterocycles. The van der Waals surface area contributed by atoms with Crippen LogP contribution < -0.4 is 0 Å². The lowest BCUT2D eigenvalue weighted by Gasteiger charge is -2.31. The lowest BCUT2D eigenvalue weighted by atomic mass is 9.85. The topological polar surface area (TPSA) is 55.1 Å². The van der Waals surface area contributed by atoms with Gasteiger partial charge in [0, 0.05) is 12.5 Å². The molecule has 0 bridgehead atoms. The molecular weight excluding hydrogens is 264 g/mol. The number of hydrogen-bond acceptors (Lipinski definition) is 2. The summed E-state index contributed by atoms with van der Waals surface area (Å²) >= 11 is 0. The van der Waals surface area contributed by atoms with E-state index in [0.717, 1.165) is 23.3 Å². The molecule has 0 spiro atoms. The fourth-order valence-corrected chi connectivity index (χ4v) is 3.58. The molecule has 0 radical (unpaired) electrons. The number of carboxylic acids is 1. The number of hydrogen-bond donors (Lipinski definition) is 1. The summed E-state index contributed by atoms with van der Waals surface area (Å²) in [6.45, 7) is 4.43. The van der Waals surface area contributed by atoms with Crippen molar-refractivity contribution in [3.63, 3.8) is 0 Å². The van der Waals surface area contributed by atoms with Gasteiger partial charge in [-0.05, 0) is 37.0 Å². The molecule has 2 atom stereocenters. The molecule has 0 amide bonds. The predicted molar refractivity (Wildman–Crippen MR) is 82.7 cm³/mol. The van der Waals surface area contributed by atoms with Crippen LogP contribution in [0, 0.1) is 5.92 Å². The molecule has 1 aromatic carbocycles. The van der Waals surface area contributed by atoms with E-state index in [0.29, 0.717) is 17.5 Å². The highest BCUT2D eigenvalue weighted by atomic mass is 16.4. The zero-order valence-electron chi connectivity index (χ0n) is 12.7. The number of nitrogens with zero attached hydrogens (tertiary/aromatic N) is 2. The first-order chi connectivity index (χ1) is 10.1. The molecule has 1 heterocycles. The van der Waals surface area contributed by atoms with E-state index in [1.165, 1.54) is 25.7 Å². The monoisotopic (exact) mass is 286 g/mol. The van der Waals surface area contributed by atoms with E-state index in [9.17, 15) is 4.79 Å². The summed E-state index contributed by atoms with van der Waals surface area (Å²) in [6, 6.07) is 5.80. The fourth-order valence-electron chi connectivity index (χ4n) is 3.58. The lowest BCUT2D eigenvalue weighted by molar-refractivity contribution is 0.0697. The molecule has 21 heavy (non-hydrogen) atoms. The second-order valence-corrected chi connectivity index (χ2v) is 6.09. The van der Waals surface area contributed by atoms with Gasteiger partial charge >= 0.3 is 5.97 Å². The van der Waals surface area contributed by atoms with Crippen LogP contribution >= 0.6 is 0 Å². The van der Waals surface area contributed by atoms with E-state index in [4.69, 9.17) is 5.11 Å². The van der Waals surface area contributed by atoms with E-state index < -0.39 is 5.97 Å². The third kappa shape index (κ3) is 2.43. The fraction of sp³-hybridized carbons (Fsp3) is 0.529. The molecule has 0 saturated heterocycles. The van der Waals surface area contributed by atoms with Crippen LogP contribution in [0.2, 0.25) is 0 Å². The molecule has 1 aliphatic carbocycles. The lowest BCUT2D eigenvalue weighted by Crippen LogP contribution is -2.22. The van der Waals surface area contributed by atoms with Gasteiger partial charge in [0.1, 0.15) is 5.82 Å². The first-order valence-corrected chi connectivity index (χ1v) is 7.86. The third-order valence-corrected chi connectivity index (χ3v) is 4.72. The SMILES string of the molecule is CCc1nc2cc(C(=O)O)ccc2n1C1CCCCC1C. The molecule has 1 aliphatic rings. The summed E-state index contributed by atoms with van der Waals surface area (Å²) in [5.74, 6) is 0.836. The van der Waals surface area contributed by atoms with Gasteiger partial charge in [-0.25, -0.2) is 9.78 Å². The van der Waals surface area contributed by atoms with Gasteiger partial charge in [-0.3, -0.25) is 0 Å². The molecule has 4 heteroatoms. The maximum absolute atomic E-state index is 11.1. The number of aromatic nitrogens is 2. The van der Waals surface area contributed by atoms with Crippen LogP contribution in [0.25, 0.3) is 11.0 Å². The van der Waals surface area contributed by atoms with Gasteiger partial charge < -0.3 is 9.67 Å². The average Bonchev–Trinajstić information content (AvgIpc) is 2.85. The van der Waals surface area contributed by atoms with Crippen LogP contribution in [0.5, 0.6) is 0 Å². The molecule has 1 saturated carbocycles. The minimum atomic E-state index is -0.893. The van der Waals surface area contributed by atoms with Crippen LogP contribution in [0.15, 0.2) is 18.2 Å². The third-order valence-electron chi connectivity index (χ3n) is 4.72. The summed E-state index contributed by atoms with van der Waals surface area (Å²) in [5.41, 5.74) is 2.20. The van der Waals surface area contributed by atoms with Crippen LogP contribution in [0.3, 0.4) is 0 Å². The number of rotatable bonds is 3. The Hall–Kier alpha value is -1.84. The minimum Gasteiger partial charge on any atom is -0.478 e. The molecule has 0 aliphatic heterocycles. The zero-order valence-corrected chi connectivity index (χ0v) is 12.7. The van der Waals surface area contributed by atoms with Crippen molar-refractivity contribution in [1.29, 1.82) is 0 Å². The Kier molecular flexibility index (Phi) is 3.70. The standard InChI is InChI=1S/C17H22N2O2/c1-3-16-18-13-10-12(17(20)21)8-9-15(13)19(16)14-7-5-4-6-11(14)2/h8-11,14H,3-7H2,1-2H3,(H,20,21). The molecule has 3 rings (SSSR count). The Morgan fingerprint density at radius 1 is 1.38 bits per heavy atom. The summed E-state index contributed by atoms with van der Waals surface area (Å²) in [7, 11) is 0. The highest BCUT2D eigenvalue weighted by Crippen LogP contribution is 2.36. The van der Waals surface area contributed by atoms with E-state index in [2.05, 4.69) is 23.4 Å². The van der Waals surface area contributed by atoms with Crippen molar-refractivity contribution >= 4 is 17.0 Å². The summed E-state index contributed by atoms with van der Waals surface area (Å²) < 4.78 is 2.37. The van der Waals surface area contributed by atoms with Gasteiger partial charge in [0.05, 0.1) is 16.6 Å². The van der Waals surface area contributed by atoms with Crippen molar-refractivity contribution in [3.05, 3.63) is 29.6 Å². The summed E-state index contributed by atoms with van der Waals surface area (Å²) in [6.07, 6.45) is 5.92. The molecule has 112 valence electrons. The smallest absolute Gasteiger partial charge is 0.335 e. The number of imidazole rings is 1. The van der Waals surface area contributed by atoms with Crippen LogP contribution in [-0.4, -0.2) is 20.6 Å². The molecule has 1 N–H and O–H groups in total. The van der Waals surface area contributed by atoms with Crippen molar-refractivity contribution in [1.82, 2.24) is 9.55 Å². The van der Waals surface area contributed by atoms with Crippen LogP contribution in [0.4, 0.5) is 0 Å². The minimum absolute atomic E-state index is 0.312. The Labute approximate surface area is 124 Å². The average molecular weight is 286 g/mol. The number of aromatic carboxylic acids is 1. The number of aryl methyl sites for hydroxylation is 1. The molecule has 2 aromatic rings. The molecule has 1 fully saturated rings. The van der Waals surface area contributed by atoms with E-state index in [-0.39, 0.29) is 0 Å². The number of carbonyl (C=O) groups is 1. The summed E-state index contributed by atoms with van der Waals surface area (Å²) in [5, 5.41) is 9.13. The number of benzene rings is 1. The van der Waals surface area contributed by atoms with Crippen molar-refractivity contribution in [3.8, 4) is 0 Å². The quantitative estimate of drug-likeness (QED) is 0.926. The normalized spacial score (nSPS) is 22.6. The van der Waals surface area contributed by atoms with Gasteiger partial charge in [-0.15, -0.1) is 0 Å². The van der Waals surface area contributed by atoms with Crippen molar-refractivity contribution in [2.24, 2.45) is 5.92 Å². The Morgan fingerprint density at radius 3 is 2.81 bits per heavy atom. The van der Waals surface area contributed by atoms with Crippen LogP contribution in [-0.2, 0) is 6.42 Å². The highest BCUT2D eigenvalue weighted by Gasteiger charge is 2.26. The van der Waals surface area contributed by atoms with Gasteiger partial charge in [-0.2, -0.15) is 0 Å². The Morgan fingerprint density at radius 2 is 2.14 bits per heavy atom. The first-order valence-electron chi connectivity index (χ1n) is 7.86. The largest absolute Gasteiger partial charge is 0.478 e. The second kappa shape index (κ2) is 5.51. The van der Waals surface area contributed by atoms with Crippen molar-refractivity contribution < 1.29 is 9.90 Å². The van der Waals surface area contributed by atoms with Crippen molar-refractivity contribution in [2.45, 2.75) is 52.0 Å². The Bertz CT molecular complexity index is 675. The number of carboxylic acid groups (broad SMARTS) is 1. The zero-order chi connectivity index (χ0) is 15.0. The molecular formula is C17H22N2O2. The van der Waals surface area contributed by atoms with Crippen molar-refractivity contribution in [2.75, 3.05) is 0 Å². The van der Waals surface area contributed by atoms with Gasteiger partial charge in [0.2, 0.25) is 0 Å². The van der Waals surface area contributed by atoms with Gasteiger partial charge in [0.25, 0.3) is 0 Å². The van der Waals surface area contributed by atoms with E-state index in [1.807, 2.05) is 6.07 Å². The first kappa shape index (κ1) is 14.1. The molecule has 2 unspecified atom stereocenters. The summed E-state index contributed by atoms with van der Waals surface area (Å²) in [4.78, 5) is 15.8. The van der Waals surface area contributed by atoms with E-state index >= 15 is 0 Å². The van der Waals surface area contributed by atoms with E-state index in [1.54, 1.807) is 12.1 Å². The Balaban J connectivity index is 2.13. The van der Waals surface area contributed by atoms with Crippen LogP contribution in [0.1, 0.15) is 61.8 Å². The predicted octanol–water partition coefficient (Wildman–Crippen LogP) is 4.05. The van der Waals surface area contributed by atoms with Gasteiger partial charge in [0.15, 0.2) is 0 Å². The second-order valence-electron chi connectivity index (χ2n) is 6.09. The number of fused-ring (bicyclic) bond motifs is 1. The maximum atomic E-state index is 11.1. The highest BCUT2D eigenvalue weighted by molar-refractivity contribution is 5.92. The maximum Gasteiger partial charge on any atom is 0.335 e.